The highest BCUT2D eigenvalue weighted by molar-refractivity contribution is 9.10. The van der Waals surface area contributed by atoms with E-state index in [1.165, 1.54) is 9.35 Å². The highest BCUT2D eigenvalue weighted by Gasteiger charge is 2.14. The molecule has 0 aliphatic rings. The van der Waals surface area contributed by atoms with Crippen molar-refractivity contribution >= 4 is 27.3 Å². The number of nitrogens with one attached hydrogen (secondary N) is 1. The SMILES string of the molecule is CC(C)C(CNCc1cc(Br)cs1)N(C)C. The predicted octanol–water partition coefficient (Wildman–Crippen LogP) is 3.19. The molecule has 0 aliphatic heterocycles. The molecule has 2 nitrogen and oxygen atoms in total. The van der Waals surface area contributed by atoms with E-state index in [0.717, 1.165) is 13.1 Å². The van der Waals surface area contributed by atoms with Crippen LogP contribution in [0.2, 0.25) is 0 Å². The smallest absolute Gasteiger partial charge is 0.0300 e. The summed E-state index contributed by atoms with van der Waals surface area (Å²) in [7, 11) is 4.29. The molecule has 0 radical (unpaired) electrons. The first-order valence-corrected chi connectivity index (χ1v) is 7.28. The second-order valence-corrected chi connectivity index (χ2v) is 6.55. The lowest BCUT2D eigenvalue weighted by Crippen LogP contribution is -2.41. The largest absolute Gasteiger partial charge is 0.310 e. The predicted molar refractivity (Wildman–Crippen MR) is 76.0 cm³/mol. The summed E-state index contributed by atoms with van der Waals surface area (Å²) in [6.45, 7) is 6.55. The maximum absolute atomic E-state index is 3.53. The molecule has 1 aromatic rings. The van der Waals surface area contributed by atoms with Gasteiger partial charge in [-0.05, 0) is 42.0 Å². The van der Waals surface area contributed by atoms with Gasteiger partial charge in [-0.3, -0.25) is 0 Å². The summed E-state index contributed by atoms with van der Waals surface area (Å²) >= 11 is 5.27. The van der Waals surface area contributed by atoms with E-state index in [2.05, 4.69) is 65.5 Å². The molecule has 0 spiro atoms. The normalized spacial score (nSPS) is 13.7. The molecule has 0 bridgehead atoms. The Morgan fingerprint density at radius 1 is 1.44 bits per heavy atom. The monoisotopic (exact) mass is 304 g/mol. The third-order valence-corrected chi connectivity index (χ3v) is 4.40. The summed E-state index contributed by atoms with van der Waals surface area (Å²) in [6, 6.07) is 2.78. The Morgan fingerprint density at radius 3 is 2.56 bits per heavy atom. The van der Waals surface area contributed by atoms with Crippen molar-refractivity contribution in [3.8, 4) is 0 Å². The lowest BCUT2D eigenvalue weighted by atomic mass is 10.0. The van der Waals surface area contributed by atoms with Crippen molar-refractivity contribution in [2.45, 2.75) is 26.4 Å². The average molecular weight is 305 g/mol. The highest BCUT2D eigenvalue weighted by atomic mass is 79.9. The molecular formula is C12H21BrN2S. The van der Waals surface area contributed by atoms with Crippen LogP contribution in [0, 0.1) is 5.92 Å². The van der Waals surface area contributed by atoms with Crippen LogP contribution in [0.15, 0.2) is 15.9 Å². The zero-order chi connectivity index (χ0) is 12.1. The standard InChI is InChI=1S/C12H21BrN2S/c1-9(2)12(15(3)4)7-14-6-11-5-10(13)8-16-11/h5,8-9,12,14H,6-7H2,1-4H3. The first kappa shape index (κ1) is 14.2. The number of hydrogen-bond donors (Lipinski definition) is 1. The van der Waals surface area contributed by atoms with Crippen molar-refractivity contribution in [1.29, 1.82) is 0 Å². The molecule has 0 fully saturated rings. The van der Waals surface area contributed by atoms with Crippen LogP contribution in [0.4, 0.5) is 0 Å². The fourth-order valence-electron chi connectivity index (χ4n) is 1.80. The maximum atomic E-state index is 3.53. The van der Waals surface area contributed by atoms with Crippen LogP contribution in [0.1, 0.15) is 18.7 Å². The Morgan fingerprint density at radius 2 is 2.12 bits per heavy atom. The first-order valence-electron chi connectivity index (χ1n) is 5.60. The van der Waals surface area contributed by atoms with Crippen LogP contribution in [-0.2, 0) is 6.54 Å². The van der Waals surface area contributed by atoms with Gasteiger partial charge in [0.15, 0.2) is 0 Å². The van der Waals surface area contributed by atoms with E-state index < -0.39 is 0 Å². The van der Waals surface area contributed by atoms with Gasteiger partial charge >= 0.3 is 0 Å². The Balaban J connectivity index is 2.33. The molecular weight excluding hydrogens is 284 g/mol. The van der Waals surface area contributed by atoms with Crippen molar-refractivity contribution in [3.05, 3.63) is 20.8 Å². The minimum atomic E-state index is 0.600. The summed E-state index contributed by atoms with van der Waals surface area (Å²) < 4.78 is 1.18. The van der Waals surface area contributed by atoms with Crippen LogP contribution in [0.25, 0.3) is 0 Å². The third-order valence-electron chi connectivity index (χ3n) is 2.71. The van der Waals surface area contributed by atoms with Gasteiger partial charge in [-0.1, -0.05) is 13.8 Å². The van der Waals surface area contributed by atoms with Crippen LogP contribution < -0.4 is 5.32 Å². The van der Waals surface area contributed by atoms with Gasteiger partial charge in [-0.25, -0.2) is 0 Å². The summed E-state index contributed by atoms with van der Waals surface area (Å²) in [5, 5.41) is 5.65. The fraction of sp³-hybridized carbons (Fsp3) is 0.667. The molecule has 0 saturated heterocycles. The fourth-order valence-corrected chi connectivity index (χ4v) is 3.22. The summed E-state index contributed by atoms with van der Waals surface area (Å²) in [4.78, 5) is 3.68. The molecule has 0 aromatic carbocycles. The molecule has 92 valence electrons. The lowest BCUT2D eigenvalue weighted by Gasteiger charge is -2.28. The van der Waals surface area contributed by atoms with Gasteiger partial charge < -0.3 is 10.2 Å². The van der Waals surface area contributed by atoms with Crippen molar-refractivity contribution in [3.63, 3.8) is 0 Å². The van der Waals surface area contributed by atoms with E-state index in [1.54, 1.807) is 11.3 Å². The lowest BCUT2D eigenvalue weighted by molar-refractivity contribution is 0.224. The van der Waals surface area contributed by atoms with Gasteiger partial charge in [0.1, 0.15) is 0 Å². The quantitative estimate of drug-likeness (QED) is 0.868. The third kappa shape index (κ3) is 4.53. The number of nitrogens with zero attached hydrogens (tertiary/aromatic N) is 1. The van der Waals surface area contributed by atoms with E-state index in [9.17, 15) is 0 Å². The maximum Gasteiger partial charge on any atom is 0.0300 e. The average Bonchev–Trinajstić information content (AvgIpc) is 2.57. The van der Waals surface area contributed by atoms with Crippen LogP contribution >= 0.6 is 27.3 Å². The van der Waals surface area contributed by atoms with Crippen LogP contribution in [0.3, 0.4) is 0 Å². The van der Waals surface area contributed by atoms with Crippen LogP contribution in [-0.4, -0.2) is 31.6 Å². The number of thiophene rings is 1. The molecule has 1 aromatic heterocycles. The Kier molecular flexibility index (Phi) is 5.97. The van der Waals surface area contributed by atoms with E-state index >= 15 is 0 Å². The van der Waals surface area contributed by atoms with E-state index in [0.29, 0.717) is 12.0 Å². The Labute approximate surface area is 111 Å². The van der Waals surface area contributed by atoms with Gasteiger partial charge in [-0.15, -0.1) is 11.3 Å². The van der Waals surface area contributed by atoms with Gasteiger partial charge in [0, 0.05) is 33.9 Å². The summed E-state index contributed by atoms with van der Waals surface area (Å²) in [5.41, 5.74) is 0. The summed E-state index contributed by atoms with van der Waals surface area (Å²) in [6.07, 6.45) is 0. The second kappa shape index (κ2) is 6.74. The minimum absolute atomic E-state index is 0.600. The van der Waals surface area contributed by atoms with E-state index in [-0.39, 0.29) is 0 Å². The minimum Gasteiger partial charge on any atom is -0.310 e. The first-order chi connectivity index (χ1) is 7.50. The Hall–Kier alpha value is 0.1000. The van der Waals surface area contributed by atoms with E-state index in [4.69, 9.17) is 0 Å². The molecule has 1 unspecified atom stereocenters. The van der Waals surface area contributed by atoms with Crippen molar-refractivity contribution < 1.29 is 0 Å². The van der Waals surface area contributed by atoms with E-state index in [1.807, 2.05) is 0 Å². The van der Waals surface area contributed by atoms with Gasteiger partial charge in [0.05, 0.1) is 0 Å². The second-order valence-electron chi connectivity index (χ2n) is 4.64. The van der Waals surface area contributed by atoms with Crippen molar-refractivity contribution in [1.82, 2.24) is 10.2 Å². The number of hydrogen-bond acceptors (Lipinski definition) is 3. The number of likely N-dealkylation sites (N-methyl/N-ethyl adjacent to an activating group) is 1. The molecule has 1 N–H and O–H groups in total. The van der Waals surface area contributed by atoms with Gasteiger partial charge in [0.25, 0.3) is 0 Å². The molecule has 0 saturated carbocycles. The zero-order valence-electron chi connectivity index (χ0n) is 10.5. The van der Waals surface area contributed by atoms with Crippen LogP contribution in [0.5, 0.6) is 0 Å². The van der Waals surface area contributed by atoms with Crippen molar-refractivity contribution in [2.75, 3.05) is 20.6 Å². The van der Waals surface area contributed by atoms with Crippen molar-refractivity contribution in [2.24, 2.45) is 5.92 Å². The molecule has 0 amide bonds. The molecule has 0 aliphatic carbocycles. The Bertz CT molecular complexity index is 302. The molecule has 1 rings (SSSR count). The molecule has 16 heavy (non-hydrogen) atoms. The summed E-state index contributed by atoms with van der Waals surface area (Å²) in [5.74, 6) is 0.678. The molecule has 1 atom stereocenters. The molecule has 4 heteroatoms. The molecule has 1 heterocycles. The van der Waals surface area contributed by atoms with Gasteiger partial charge in [0.2, 0.25) is 0 Å². The number of rotatable bonds is 6. The topological polar surface area (TPSA) is 15.3 Å². The highest BCUT2D eigenvalue weighted by Crippen LogP contribution is 2.19. The number of halogens is 1. The van der Waals surface area contributed by atoms with Gasteiger partial charge in [-0.2, -0.15) is 0 Å². The zero-order valence-corrected chi connectivity index (χ0v) is 12.9.